The van der Waals surface area contributed by atoms with Crippen LogP contribution in [0.4, 0.5) is 4.39 Å². The number of aryl methyl sites for hydroxylation is 1. The van der Waals surface area contributed by atoms with E-state index >= 15 is 0 Å². The van der Waals surface area contributed by atoms with E-state index in [9.17, 15) is 4.39 Å². The molecule has 1 unspecified atom stereocenters. The van der Waals surface area contributed by atoms with Gasteiger partial charge in [-0.3, -0.25) is 0 Å². The molecule has 1 atom stereocenters. The summed E-state index contributed by atoms with van der Waals surface area (Å²) in [5, 5.41) is 7.09. The molecule has 0 aliphatic rings. The molecule has 0 bridgehead atoms. The van der Waals surface area contributed by atoms with Crippen molar-refractivity contribution in [2.75, 3.05) is 6.54 Å². The third kappa shape index (κ3) is 4.26. The van der Waals surface area contributed by atoms with E-state index in [1.165, 1.54) is 12.1 Å². The molecule has 1 aromatic carbocycles. The second-order valence-corrected chi connectivity index (χ2v) is 4.88. The van der Waals surface area contributed by atoms with E-state index in [1.54, 1.807) is 13.0 Å². The first-order valence-corrected chi connectivity index (χ1v) is 7.05. The summed E-state index contributed by atoms with van der Waals surface area (Å²) in [5.41, 5.74) is 0.781. The van der Waals surface area contributed by atoms with Gasteiger partial charge in [-0.05, 0) is 38.1 Å². The normalized spacial score (nSPS) is 12.4. The van der Waals surface area contributed by atoms with Gasteiger partial charge >= 0.3 is 0 Å². The van der Waals surface area contributed by atoms with Gasteiger partial charge in [0.25, 0.3) is 0 Å². The maximum atomic E-state index is 13.5. The van der Waals surface area contributed by atoms with Crippen LogP contribution in [-0.4, -0.2) is 16.7 Å². The van der Waals surface area contributed by atoms with E-state index in [0.29, 0.717) is 17.5 Å². The number of halogens is 1. The highest BCUT2D eigenvalue weighted by molar-refractivity contribution is 5.36. The minimum Gasteiger partial charge on any atom is -0.485 e. The highest BCUT2D eigenvalue weighted by Crippen LogP contribution is 2.26. The van der Waals surface area contributed by atoms with Gasteiger partial charge in [-0.2, -0.15) is 4.98 Å². The summed E-state index contributed by atoms with van der Waals surface area (Å²) in [6.45, 7) is 6.84. The Bertz CT molecular complexity index is 586. The molecule has 1 heterocycles. The van der Waals surface area contributed by atoms with Crippen LogP contribution in [0.1, 0.15) is 43.6 Å². The van der Waals surface area contributed by atoms with Crippen molar-refractivity contribution in [3.05, 3.63) is 41.3 Å². The van der Waals surface area contributed by atoms with Crippen molar-refractivity contribution in [2.45, 2.75) is 39.8 Å². The highest BCUT2D eigenvalue weighted by Gasteiger charge is 2.13. The Balaban J connectivity index is 2.10. The van der Waals surface area contributed by atoms with Crippen LogP contribution in [0.15, 0.2) is 22.7 Å². The molecule has 0 radical (unpaired) electrons. The molecule has 0 aliphatic heterocycles. The first kappa shape index (κ1) is 15.4. The third-order valence-electron chi connectivity index (χ3n) is 3.07. The third-order valence-corrected chi connectivity index (χ3v) is 3.07. The molecule has 0 saturated carbocycles. The number of rotatable bonds is 7. The summed E-state index contributed by atoms with van der Waals surface area (Å²) in [7, 11) is 0. The highest BCUT2D eigenvalue weighted by atomic mass is 19.1. The average molecular weight is 293 g/mol. The molecular formula is C15H20FN3O2. The molecule has 0 aliphatic carbocycles. The molecule has 2 rings (SSSR count). The Morgan fingerprint density at radius 3 is 2.90 bits per heavy atom. The number of hydrogen-bond donors (Lipinski definition) is 1. The molecule has 1 N–H and O–H groups in total. The second-order valence-electron chi connectivity index (χ2n) is 4.88. The zero-order chi connectivity index (χ0) is 15.2. The van der Waals surface area contributed by atoms with E-state index in [4.69, 9.17) is 9.26 Å². The predicted octanol–water partition coefficient (Wildman–Crippen LogP) is 3.16. The van der Waals surface area contributed by atoms with Crippen LogP contribution in [0.25, 0.3) is 0 Å². The number of aromatic nitrogens is 2. The Kier molecular flexibility index (Phi) is 5.27. The van der Waals surface area contributed by atoms with Crippen LogP contribution in [0, 0.1) is 12.7 Å². The van der Waals surface area contributed by atoms with E-state index in [1.807, 2.05) is 6.92 Å². The van der Waals surface area contributed by atoms with Gasteiger partial charge in [0, 0.05) is 18.5 Å². The fourth-order valence-corrected chi connectivity index (χ4v) is 2.00. The van der Waals surface area contributed by atoms with Crippen molar-refractivity contribution in [3.8, 4) is 5.75 Å². The molecular weight excluding hydrogens is 273 g/mol. The van der Waals surface area contributed by atoms with Crippen molar-refractivity contribution in [1.29, 1.82) is 0 Å². The van der Waals surface area contributed by atoms with Gasteiger partial charge in [0.15, 0.2) is 6.61 Å². The molecule has 0 amide bonds. The van der Waals surface area contributed by atoms with E-state index < -0.39 is 0 Å². The number of hydrogen-bond acceptors (Lipinski definition) is 5. The van der Waals surface area contributed by atoms with Crippen LogP contribution in [0.2, 0.25) is 0 Å². The SMILES string of the molecule is CCCNC(C)c1cc(F)ccc1OCc1noc(C)n1. The summed E-state index contributed by atoms with van der Waals surface area (Å²) in [4.78, 5) is 4.07. The van der Waals surface area contributed by atoms with Gasteiger partial charge in [-0.15, -0.1) is 0 Å². The Hall–Kier alpha value is -1.95. The topological polar surface area (TPSA) is 60.2 Å². The molecule has 0 saturated heterocycles. The zero-order valence-corrected chi connectivity index (χ0v) is 12.5. The largest absolute Gasteiger partial charge is 0.485 e. The van der Waals surface area contributed by atoms with Crippen molar-refractivity contribution >= 4 is 0 Å². The van der Waals surface area contributed by atoms with Crippen molar-refractivity contribution in [1.82, 2.24) is 15.5 Å². The number of nitrogens with one attached hydrogen (secondary N) is 1. The minimum atomic E-state index is -0.280. The Labute approximate surface area is 123 Å². The monoisotopic (exact) mass is 293 g/mol. The predicted molar refractivity (Wildman–Crippen MR) is 76.5 cm³/mol. The molecule has 5 nitrogen and oxygen atoms in total. The van der Waals surface area contributed by atoms with Gasteiger partial charge in [0.1, 0.15) is 11.6 Å². The van der Waals surface area contributed by atoms with E-state index in [0.717, 1.165) is 18.5 Å². The summed E-state index contributed by atoms with van der Waals surface area (Å²) in [6.07, 6.45) is 1.01. The van der Waals surface area contributed by atoms with Gasteiger partial charge in [0.2, 0.25) is 11.7 Å². The van der Waals surface area contributed by atoms with Crippen LogP contribution in [0.5, 0.6) is 5.75 Å². The number of nitrogens with zero attached hydrogens (tertiary/aromatic N) is 2. The lowest BCUT2D eigenvalue weighted by atomic mass is 10.1. The van der Waals surface area contributed by atoms with Crippen LogP contribution < -0.4 is 10.1 Å². The summed E-state index contributed by atoms with van der Waals surface area (Å²) in [5.74, 6) is 1.30. The first-order chi connectivity index (χ1) is 10.1. The fourth-order valence-electron chi connectivity index (χ4n) is 2.00. The molecule has 6 heteroatoms. The zero-order valence-electron chi connectivity index (χ0n) is 12.5. The molecule has 0 fully saturated rings. The van der Waals surface area contributed by atoms with Gasteiger partial charge in [0.05, 0.1) is 0 Å². The Morgan fingerprint density at radius 2 is 2.24 bits per heavy atom. The number of benzene rings is 1. The van der Waals surface area contributed by atoms with Crippen LogP contribution >= 0.6 is 0 Å². The lowest BCUT2D eigenvalue weighted by molar-refractivity contribution is 0.280. The maximum Gasteiger partial charge on any atom is 0.223 e. The molecule has 1 aromatic heterocycles. The van der Waals surface area contributed by atoms with Crippen LogP contribution in [-0.2, 0) is 6.61 Å². The smallest absolute Gasteiger partial charge is 0.223 e. The number of ether oxygens (including phenoxy) is 1. The van der Waals surface area contributed by atoms with E-state index in [-0.39, 0.29) is 18.5 Å². The molecule has 114 valence electrons. The average Bonchev–Trinajstić information content (AvgIpc) is 2.89. The fraction of sp³-hybridized carbons (Fsp3) is 0.467. The van der Waals surface area contributed by atoms with E-state index in [2.05, 4.69) is 22.4 Å². The lowest BCUT2D eigenvalue weighted by Crippen LogP contribution is -2.20. The molecule has 2 aromatic rings. The van der Waals surface area contributed by atoms with Gasteiger partial charge in [-0.1, -0.05) is 12.1 Å². The lowest BCUT2D eigenvalue weighted by Gasteiger charge is -2.17. The second kappa shape index (κ2) is 7.17. The van der Waals surface area contributed by atoms with Gasteiger partial charge in [-0.25, -0.2) is 4.39 Å². The summed E-state index contributed by atoms with van der Waals surface area (Å²) in [6, 6.07) is 4.50. The maximum absolute atomic E-state index is 13.5. The summed E-state index contributed by atoms with van der Waals surface area (Å²) < 4.78 is 24.1. The van der Waals surface area contributed by atoms with Crippen molar-refractivity contribution in [3.63, 3.8) is 0 Å². The van der Waals surface area contributed by atoms with Crippen LogP contribution in [0.3, 0.4) is 0 Å². The van der Waals surface area contributed by atoms with Gasteiger partial charge < -0.3 is 14.6 Å². The summed E-state index contributed by atoms with van der Waals surface area (Å²) >= 11 is 0. The quantitative estimate of drug-likeness (QED) is 0.849. The van der Waals surface area contributed by atoms with Crippen molar-refractivity contribution < 1.29 is 13.7 Å². The minimum absolute atomic E-state index is 0.00246. The Morgan fingerprint density at radius 1 is 1.43 bits per heavy atom. The van der Waals surface area contributed by atoms with Crippen molar-refractivity contribution in [2.24, 2.45) is 0 Å². The molecule has 0 spiro atoms. The first-order valence-electron chi connectivity index (χ1n) is 7.05. The standard InChI is InChI=1S/C15H20FN3O2/c1-4-7-17-10(2)13-8-12(16)5-6-14(13)20-9-15-18-11(3)21-19-15/h5-6,8,10,17H,4,7,9H2,1-3H3. The molecule has 21 heavy (non-hydrogen) atoms.